The van der Waals surface area contributed by atoms with E-state index in [2.05, 4.69) is 0 Å². The summed E-state index contributed by atoms with van der Waals surface area (Å²) < 4.78 is 31.4. The molecule has 56 valence electrons. The molecule has 0 N–H and O–H groups in total. The van der Waals surface area contributed by atoms with Gasteiger partial charge in [-0.15, -0.1) is 3.89 Å². The monoisotopic (exact) mass is 154 g/mol. The Bertz CT molecular complexity index is 181. The van der Waals surface area contributed by atoms with Crippen molar-refractivity contribution in [3.05, 3.63) is 0 Å². The average Bonchev–Trinajstić information content (AvgIpc) is 1.64. The third-order valence-corrected chi connectivity index (χ3v) is 3.12. The summed E-state index contributed by atoms with van der Waals surface area (Å²) in [5.74, 6) is 0. The normalized spacial score (nSPS) is 13.8. The van der Waals surface area contributed by atoms with Crippen molar-refractivity contribution in [2.24, 2.45) is 0 Å². The quantitative estimate of drug-likeness (QED) is 0.564. The van der Waals surface area contributed by atoms with Gasteiger partial charge in [0.25, 0.3) is 0 Å². The van der Waals surface area contributed by atoms with Crippen LogP contribution in [0.25, 0.3) is 0 Å². The largest absolute Gasteiger partial charge is 0.307 e. The predicted molar refractivity (Wildman–Crippen MR) is 34.4 cm³/mol. The molecule has 0 fully saturated rings. The van der Waals surface area contributed by atoms with E-state index < -0.39 is 15.0 Å². The van der Waals surface area contributed by atoms with Crippen molar-refractivity contribution in [1.29, 1.82) is 0 Å². The van der Waals surface area contributed by atoms with Crippen LogP contribution < -0.4 is 0 Å². The Balaban J connectivity index is 4.56. The molecule has 0 radical (unpaired) electrons. The molecular weight excluding hydrogens is 143 g/mol. The lowest BCUT2D eigenvalue weighted by Gasteiger charge is -2.15. The molecule has 0 rings (SSSR count). The van der Waals surface area contributed by atoms with Crippen LogP contribution in [-0.2, 0) is 10.2 Å². The highest BCUT2D eigenvalue weighted by molar-refractivity contribution is 7.87. The standard InChI is InChI=1S/C5H11FO2S/c1-4-5(2,3)9(6,7)8/h4H2,1-3H3. The summed E-state index contributed by atoms with van der Waals surface area (Å²) in [6.07, 6.45) is 0.297. The van der Waals surface area contributed by atoms with Crippen LogP contribution in [0.15, 0.2) is 0 Å². The van der Waals surface area contributed by atoms with Crippen molar-refractivity contribution < 1.29 is 12.3 Å². The van der Waals surface area contributed by atoms with Gasteiger partial charge in [0.05, 0.1) is 4.75 Å². The first kappa shape index (κ1) is 8.88. The van der Waals surface area contributed by atoms with Gasteiger partial charge >= 0.3 is 10.2 Å². The molecule has 0 amide bonds. The maximum absolute atomic E-state index is 12.1. The summed E-state index contributed by atoms with van der Waals surface area (Å²) >= 11 is 0. The molecule has 0 aliphatic carbocycles. The molecule has 0 aliphatic rings. The van der Waals surface area contributed by atoms with Crippen LogP contribution >= 0.6 is 0 Å². The van der Waals surface area contributed by atoms with Crippen LogP contribution in [0.4, 0.5) is 3.89 Å². The van der Waals surface area contributed by atoms with E-state index in [0.717, 1.165) is 0 Å². The molecule has 0 heterocycles. The van der Waals surface area contributed by atoms with Gasteiger partial charge in [0.15, 0.2) is 0 Å². The number of hydrogen-bond donors (Lipinski definition) is 0. The van der Waals surface area contributed by atoms with Gasteiger partial charge in [0.2, 0.25) is 0 Å². The Morgan fingerprint density at radius 1 is 1.44 bits per heavy atom. The van der Waals surface area contributed by atoms with Gasteiger partial charge in [0, 0.05) is 0 Å². The first-order valence-corrected chi connectivity index (χ1v) is 4.14. The van der Waals surface area contributed by atoms with Crippen LogP contribution in [-0.4, -0.2) is 13.2 Å². The lowest BCUT2D eigenvalue weighted by atomic mass is 10.1. The molecule has 2 nitrogen and oxygen atoms in total. The Hall–Kier alpha value is -0.120. The van der Waals surface area contributed by atoms with Gasteiger partial charge in [-0.2, -0.15) is 8.42 Å². The minimum atomic E-state index is -4.35. The molecule has 0 aromatic rings. The zero-order chi connectivity index (χ0) is 7.71. The third kappa shape index (κ3) is 1.93. The number of halogens is 1. The highest BCUT2D eigenvalue weighted by Gasteiger charge is 2.31. The molecule has 4 heteroatoms. The van der Waals surface area contributed by atoms with Gasteiger partial charge in [-0.05, 0) is 20.3 Å². The molecule has 9 heavy (non-hydrogen) atoms. The molecule has 0 spiro atoms. The zero-order valence-electron chi connectivity index (χ0n) is 5.81. The van der Waals surface area contributed by atoms with Crippen molar-refractivity contribution in [3.8, 4) is 0 Å². The molecule has 0 saturated carbocycles. The maximum Gasteiger partial charge on any atom is 0.307 e. The molecule has 0 aromatic carbocycles. The second kappa shape index (κ2) is 2.25. The lowest BCUT2D eigenvalue weighted by molar-refractivity contribution is 0.495. The molecule has 0 aromatic heterocycles. The summed E-state index contributed by atoms with van der Waals surface area (Å²) in [5.41, 5.74) is 0. The summed E-state index contributed by atoms with van der Waals surface area (Å²) in [6.45, 7) is 4.36. The Morgan fingerprint density at radius 3 is 1.78 bits per heavy atom. The molecule has 0 aliphatic heterocycles. The van der Waals surface area contributed by atoms with E-state index in [0.29, 0.717) is 6.42 Å². The van der Waals surface area contributed by atoms with Gasteiger partial charge in [-0.3, -0.25) is 0 Å². The minimum absolute atomic E-state index is 0.297. The molecule has 0 saturated heterocycles. The van der Waals surface area contributed by atoms with E-state index in [1.165, 1.54) is 13.8 Å². The van der Waals surface area contributed by atoms with Gasteiger partial charge in [-0.25, -0.2) is 0 Å². The summed E-state index contributed by atoms with van der Waals surface area (Å²) in [7, 11) is -4.35. The van der Waals surface area contributed by atoms with Gasteiger partial charge in [0.1, 0.15) is 0 Å². The fourth-order valence-electron chi connectivity index (χ4n) is 0.172. The molecular formula is C5H11FO2S. The number of rotatable bonds is 2. The highest BCUT2D eigenvalue weighted by atomic mass is 32.3. The fraction of sp³-hybridized carbons (Fsp3) is 1.00. The van der Waals surface area contributed by atoms with Crippen LogP contribution in [0, 0.1) is 0 Å². The van der Waals surface area contributed by atoms with E-state index in [1.54, 1.807) is 6.92 Å². The van der Waals surface area contributed by atoms with Gasteiger partial charge < -0.3 is 0 Å². The maximum atomic E-state index is 12.1. The van der Waals surface area contributed by atoms with E-state index in [1.807, 2.05) is 0 Å². The van der Waals surface area contributed by atoms with Crippen LogP contribution in [0.5, 0.6) is 0 Å². The Labute approximate surface area is 55.3 Å². The second-order valence-corrected chi connectivity index (χ2v) is 4.53. The topological polar surface area (TPSA) is 34.1 Å². The zero-order valence-corrected chi connectivity index (χ0v) is 6.63. The van der Waals surface area contributed by atoms with E-state index in [4.69, 9.17) is 0 Å². The van der Waals surface area contributed by atoms with Crippen LogP contribution in [0.2, 0.25) is 0 Å². The Morgan fingerprint density at radius 2 is 1.78 bits per heavy atom. The second-order valence-electron chi connectivity index (χ2n) is 2.55. The summed E-state index contributed by atoms with van der Waals surface area (Å²) in [5, 5.41) is 0. The number of hydrogen-bond acceptors (Lipinski definition) is 2. The SMILES string of the molecule is CCC(C)(C)S(=O)(=O)F. The Kier molecular flexibility index (Phi) is 2.22. The fourth-order valence-corrected chi connectivity index (χ4v) is 0.517. The van der Waals surface area contributed by atoms with Crippen molar-refractivity contribution in [2.45, 2.75) is 31.9 Å². The van der Waals surface area contributed by atoms with Crippen LogP contribution in [0.3, 0.4) is 0 Å². The predicted octanol–water partition coefficient (Wildman–Crippen LogP) is 1.47. The van der Waals surface area contributed by atoms with Gasteiger partial charge in [-0.1, -0.05) is 6.92 Å². The first-order valence-electron chi connectivity index (χ1n) is 2.75. The smallest absolute Gasteiger partial charge is 0.194 e. The van der Waals surface area contributed by atoms with Crippen molar-refractivity contribution in [1.82, 2.24) is 0 Å². The average molecular weight is 154 g/mol. The summed E-state index contributed by atoms with van der Waals surface area (Å²) in [4.78, 5) is 0. The van der Waals surface area contributed by atoms with Crippen LogP contribution in [0.1, 0.15) is 27.2 Å². The first-order chi connectivity index (χ1) is 3.81. The van der Waals surface area contributed by atoms with Crippen molar-refractivity contribution >= 4 is 10.2 Å². The highest BCUT2D eigenvalue weighted by Crippen LogP contribution is 2.21. The van der Waals surface area contributed by atoms with Crippen molar-refractivity contribution in [3.63, 3.8) is 0 Å². The molecule has 0 bridgehead atoms. The van der Waals surface area contributed by atoms with E-state index in [9.17, 15) is 12.3 Å². The molecule has 0 unspecified atom stereocenters. The third-order valence-electron chi connectivity index (χ3n) is 1.51. The van der Waals surface area contributed by atoms with Crippen molar-refractivity contribution in [2.75, 3.05) is 0 Å². The minimum Gasteiger partial charge on any atom is -0.194 e. The lowest BCUT2D eigenvalue weighted by Crippen LogP contribution is -2.26. The van der Waals surface area contributed by atoms with E-state index in [-0.39, 0.29) is 0 Å². The van der Waals surface area contributed by atoms with E-state index >= 15 is 0 Å². The summed E-state index contributed by atoms with van der Waals surface area (Å²) in [6, 6.07) is 0. The molecule has 0 atom stereocenters.